The van der Waals surface area contributed by atoms with Gasteiger partial charge >= 0.3 is 5.97 Å². The van der Waals surface area contributed by atoms with Crippen LogP contribution >= 0.6 is 0 Å². The van der Waals surface area contributed by atoms with Crippen LogP contribution in [0, 0.1) is 0 Å². The molecule has 0 aromatic heterocycles. The smallest absolute Gasteiger partial charge is 0.332 e. The molecule has 0 saturated heterocycles. The molecule has 0 aromatic rings. The summed E-state index contributed by atoms with van der Waals surface area (Å²) in [5.41, 5.74) is 0. The average molecular weight is 240 g/mol. The summed E-state index contributed by atoms with van der Waals surface area (Å²) in [6.07, 6.45) is 12.7. The van der Waals surface area contributed by atoms with Gasteiger partial charge in [0.15, 0.2) is 6.10 Å². The van der Waals surface area contributed by atoms with Crippen LogP contribution in [0.2, 0.25) is 0 Å². The van der Waals surface area contributed by atoms with Crippen molar-refractivity contribution in [1.29, 1.82) is 0 Å². The highest BCUT2D eigenvalue weighted by Crippen LogP contribution is 2.08. The van der Waals surface area contributed by atoms with Crippen molar-refractivity contribution in [3.8, 4) is 0 Å². The molecule has 0 amide bonds. The maximum Gasteiger partial charge on any atom is 0.332 e. The zero-order valence-corrected chi connectivity index (χ0v) is 10.5. The van der Waals surface area contributed by atoms with Crippen LogP contribution in [0.15, 0.2) is 24.8 Å². The van der Waals surface area contributed by atoms with Crippen LogP contribution in [0.3, 0.4) is 0 Å². The quantitative estimate of drug-likeness (QED) is 0.430. The van der Waals surface area contributed by atoms with Gasteiger partial charge in [0.2, 0.25) is 0 Å². The van der Waals surface area contributed by atoms with E-state index in [4.69, 9.17) is 10.2 Å². The molecule has 0 heterocycles. The molecular formula is C14H24O3. The fraction of sp³-hybridized carbons (Fsp3) is 0.643. The predicted octanol–water partition coefficient (Wildman–Crippen LogP) is 3.29. The summed E-state index contributed by atoms with van der Waals surface area (Å²) in [7, 11) is 0. The number of aliphatic hydroxyl groups is 1. The Kier molecular flexibility index (Phi) is 10.7. The Balaban J connectivity index is 3.24. The number of carboxylic acids is 1. The van der Waals surface area contributed by atoms with Crippen molar-refractivity contribution in [2.24, 2.45) is 0 Å². The summed E-state index contributed by atoms with van der Waals surface area (Å²) >= 11 is 0. The summed E-state index contributed by atoms with van der Waals surface area (Å²) < 4.78 is 0. The molecule has 0 fully saturated rings. The highest BCUT2D eigenvalue weighted by molar-refractivity contribution is 5.72. The van der Waals surface area contributed by atoms with E-state index in [1.54, 1.807) is 6.08 Å². The van der Waals surface area contributed by atoms with E-state index in [1.807, 2.05) is 12.2 Å². The second-order valence-corrected chi connectivity index (χ2v) is 4.19. The minimum Gasteiger partial charge on any atom is -0.479 e. The molecule has 3 nitrogen and oxygen atoms in total. The molecule has 3 heteroatoms. The fourth-order valence-corrected chi connectivity index (χ4v) is 1.52. The number of rotatable bonds is 11. The van der Waals surface area contributed by atoms with Crippen molar-refractivity contribution in [2.75, 3.05) is 0 Å². The molecule has 0 saturated carbocycles. The Hall–Kier alpha value is -1.09. The molecule has 17 heavy (non-hydrogen) atoms. The zero-order chi connectivity index (χ0) is 12.9. The van der Waals surface area contributed by atoms with Crippen molar-refractivity contribution in [3.05, 3.63) is 24.8 Å². The third-order valence-electron chi connectivity index (χ3n) is 2.59. The lowest BCUT2D eigenvalue weighted by atomic mass is 10.1. The SMILES string of the molecule is C=CCCCCCCC/C=C/CC(O)C(=O)O. The summed E-state index contributed by atoms with van der Waals surface area (Å²) in [6, 6.07) is 0. The number of allylic oxidation sites excluding steroid dienone is 2. The summed E-state index contributed by atoms with van der Waals surface area (Å²) in [5, 5.41) is 17.4. The molecule has 98 valence electrons. The van der Waals surface area contributed by atoms with Gasteiger partial charge in [-0.25, -0.2) is 4.79 Å². The van der Waals surface area contributed by atoms with Crippen LogP contribution in [0.1, 0.15) is 51.4 Å². The number of unbranched alkanes of at least 4 members (excludes halogenated alkanes) is 6. The molecule has 0 bridgehead atoms. The normalized spacial score (nSPS) is 12.8. The highest BCUT2D eigenvalue weighted by Gasteiger charge is 2.09. The standard InChI is InChI=1S/C14H24O3/c1-2-3-4-5-6-7-8-9-10-11-12-13(15)14(16)17/h2,10-11,13,15H,1,3-9,12H2,(H,16,17)/b11-10+. The first kappa shape index (κ1) is 15.9. The average Bonchev–Trinajstić information content (AvgIpc) is 2.31. The maximum atomic E-state index is 10.3. The van der Waals surface area contributed by atoms with E-state index in [9.17, 15) is 4.79 Å². The van der Waals surface area contributed by atoms with Crippen LogP contribution in [0.4, 0.5) is 0 Å². The molecule has 0 rings (SSSR count). The molecule has 0 aliphatic carbocycles. The molecule has 1 unspecified atom stereocenters. The third-order valence-corrected chi connectivity index (χ3v) is 2.59. The Morgan fingerprint density at radius 1 is 1.06 bits per heavy atom. The van der Waals surface area contributed by atoms with E-state index in [1.165, 1.54) is 25.7 Å². The molecule has 1 atom stereocenters. The molecule has 0 aromatic carbocycles. The van der Waals surface area contributed by atoms with Gasteiger partial charge in [-0.05, 0) is 25.7 Å². The molecular weight excluding hydrogens is 216 g/mol. The van der Waals surface area contributed by atoms with Crippen molar-refractivity contribution in [3.63, 3.8) is 0 Å². The van der Waals surface area contributed by atoms with Crippen LogP contribution in [-0.4, -0.2) is 22.3 Å². The van der Waals surface area contributed by atoms with E-state index < -0.39 is 12.1 Å². The number of hydrogen-bond acceptors (Lipinski definition) is 2. The van der Waals surface area contributed by atoms with Crippen LogP contribution in [-0.2, 0) is 4.79 Å². The van der Waals surface area contributed by atoms with Gasteiger partial charge in [-0.1, -0.05) is 37.5 Å². The van der Waals surface area contributed by atoms with Gasteiger partial charge in [-0.3, -0.25) is 0 Å². The van der Waals surface area contributed by atoms with Gasteiger partial charge in [-0.2, -0.15) is 0 Å². The number of carbonyl (C=O) groups is 1. The number of aliphatic carboxylic acids is 1. The van der Waals surface area contributed by atoms with Crippen LogP contribution < -0.4 is 0 Å². The lowest BCUT2D eigenvalue weighted by molar-refractivity contribution is -0.146. The molecule has 0 spiro atoms. The second kappa shape index (κ2) is 11.4. The van der Waals surface area contributed by atoms with Crippen LogP contribution in [0.25, 0.3) is 0 Å². The first-order valence-corrected chi connectivity index (χ1v) is 6.35. The number of carboxylic acid groups (broad SMARTS) is 1. The van der Waals surface area contributed by atoms with E-state index in [0.29, 0.717) is 0 Å². The van der Waals surface area contributed by atoms with Crippen molar-refractivity contribution >= 4 is 5.97 Å². The lowest BCUT2D eigenvalue weighted by Crippen LogP contribution is -2.17. The Labute approximate surface area is 104 Å². The third kappa shape index (κ3) is 11.2. The van der Waals surface area contributed by atoms with E-state index in [-0.39, 0.29) is 6.42 Å². The van der Waals surface area contributed by atoms with Gasteiger partial charge < -0.3 is 10.2 Å². The Morgan fingerprint density at radius 2 is 1.65 bits per heavy atom. The lowest BCUT2D eigenvalue weighted by Gasteiger charge is -2.00. The Morgan fingerprint density at radius 3 is 2.24 bits per heavy atom. The van der Waals surface area contributed by atoms with Gasteiger partial charge in [0.1, 0.15) is 0 Å². The second-order valence-electron chi connectivity index (χ2n) is 4.19. The summed E-state index contributed by atoms with van der Waals surface area (Å²) in [5.74, 6) is -1.16. The van der Waals surface area contributed by atoms with Gasteiger partial charge in [0.25, 0.3) is 0 Å². The van der Waals surface area contributed by atoms with E-state index >= 15 is 0 Å². The van der Waals surface area contributed by atoms with Crippen molar-refractivity contribution in [1.82, 2.24) is 0 Å². The summed E-state index contributed by atoms with van der Waals surface area (Å²) in [4.78, 5) is 10.3. The topological polar surface area (TPSA) is 57.5 Å². The monoisotopic (exact) mass is 240 g/mol. The number of hydrogen-bond donors (Lipinski definition) is 2. The maximum absolute atomic E-state index is 10.3. The van der Waals surface area contributed by atoms with Crippen molar-refractivity contribution < 1.29 is 15.0 Å². The molecule has 0 aliphatic heterocycles. The predicted molar refractivity (Wildman–Crippen MR) is 69.9 cm³/mol. The van der Waals surface area contributed by atoms with Gasteiger partial charge in [0.05, 0.1) is 0 Å². The zero-order valence-electron chi connectivity index (χ0n) is 10.5. The molecule has 0 radical (unpaired) electrons. The van der Waals surface area contributed by atoms with Gasteiger partial charge in [-0.15, -0.1) is 6.58 Å². The van der Waals surface area contributed by atoms with Crippen LogP contribution in [0.5, 0.6) is 0 Å². The Bertz CT molecular complexity index is 234. The van der Waals surface area contributed by atoms with Gasteiger partial charge in [0, 0.05) is 6.42 Å². The number of aliphatic hydroxyl groups excluding tert-OH is 1. The molecule has 0 aliphatic rings. The first-order chi connectivity index (χ1) is 8.18. The highest BCUT2D eigenvalue weighted by atomic mass is 16.4. The largest absolute Gasteiger partial charge is 0.479 e. The minimum atomic E-state index is -1.26. The van der Waals surface area contributed by atoms with E-state index in [0.717, 1.165) is 19.3 Å². The van der Waals surface area contributed by atoms with E-state index in [2.05, 4.69) is 6.58 Å². The fourth-order valence-electron chi connectivity index (χ4n) is 1.52. The molecule has 2 N–H and O–H groups in total. The van der Waals surface area contributed by atoms with Crippen molar-refractivity contribution in [2.45, 2.75) is 57.5 Å². The summed E-state index contributed by atoms with van der Waals surface area (Å²) in [6.45, 7) is 3.68. The minimum absolute atomic E-state index is 0.203. The first-order valence-electron chi connectivity index (χ1n) is 6.35.